The van der Waals surface area contributed by atoms with E-state index in [0.29, 0.717) is 16.9 Å². The molecule has 0 saturated carbocycles. The summed E-state index contributed by atoms with van der Waals surface area (Å²) in [7, 11) is 1.48. The van der Waals surface area contributed by atoms with Crippen LogP contribution in [0.25, 0.3) is 0 Å². The zero-order valence-corrected chi connectivity index (χ0v) is 8.25. The molecule has 0 aliphatic carbocycles. The molecule has 0 saturated heterocycles. The van der Waals surface area contributed by atoms with Gasteiger partial charge in [-0.25, -0.2) is 0 Å². The zero-order valence-electron chi connectivity index (χ0n) is 7.49. The minimum absolute atomic E-state index is 0.380. The van der Waals surface area contributed by atoms with E-state index in [0.717, 1.165) is 0 Å². The van der Waals surface area contributed by atoms with E-state index in [-0.39, 0.29) is 0 Å². The minimum atomic E-state index is -0.729. The standard InChI is InChI=1S/C10H7ClN2O/c1-14-10-3-2-7(9(11)6-13)4-8(10)5-12/h2-4,9H,1H3. The molecule has 0 amide bonds. The van der Waals surface area contributed by atoms with E-state index in [1.165, 1.54) is 7.11 Å². The lowest BCUT2D eigenvalue weighted by molar-refractivity contribution is 0.413. The number of hydrogen-bond acceptors (Lipinski definition) is 3. The summed E-state index contributed by atoms with van der Waals surface area (Å²) in [6, 6.07) is 8.71. The highest BCUT2D eigenvalue weighted by atomic mass is 35.5. The Morgan fingerprint density at radius 2 is 2.14 bits per heavy atom. The molecule has 1 aromatic rings. The average Bonchev–Trinajstić information content (AvgIpc) is 2.26. The van der Waals surface area contributed by atoms with Gasteiger partial charge in [0.1, 0.15) is 17.2 Å². The van der Waals surface area contributed by atoms with Gasteiger partial charge < -0.3 is 4.74 Å². The minimum Gasteiger partial charge on any atom is -0.495 e. The topological polar surface area (TPSA) is 56.8 Å². The molecule has 4 heteroatoms. The van der Waals surface area contributed by atoms with Gasteiger partial charge in [-0.3, -0.25) is 0 Å². The van der Waals surface area contributed by atoms with Crippen LogP contribution in [0.2, 0.25) is 0 Å². The molecule has 0 fully saturated rings. The maximum Gasteiger partial charge on any atom is 0.145 e. The molecule has 0 radical (unpaired) electrons. The lowest BCUT2D eigenvalue weighted by atomic mass is 10.1. The van der Waals surface area contributed by atoms with Crippen molar-refractivity contribution >= 4 is 11.6 Å². The predicted octanol–water partition coefficient (Wildman–Crippen LogP) is 2.37. The van der Waals surface area contributed by atoms with Crippen molar-refractivity contribution in [3.63, 3.8) is 0 Å². The molecule has 0 aliphatic rings. The highest BCUT2D eigenvalue weighted by Crippen LogP contribution is 2.25. The molecule has 0 spiro atoms. The van der Waals surface area contributed by atoms with Crippen LogP contribution >= 0.6 is 11.6 Å². The summed E-state index contributed by atoms with van der Waals surface area (Å²) >= 11 is 5.70. The van der Waals surface area contributed by atoms with Crippen LogP contribution in [0.4, 0.5) is 0 Å². The SMILES string of the molecule is COc1ccc(C(Cl)C#N)cc1C#N. The summed E-state index contributed by atoms with van der Waals surface area (Å²) in [4.78, 5) is 0. The smallest absolute Gasteiger partial charge is 0.145 e. The molecule has 3 nitrogen and oxygen atoms in total. The van der Waals surface area contributed by atoms with Gasteiger partial charge in [-0.15, -0.1) is 11.6 Å². The second-order valence-electron chi connectivity index (χ2n) is 2.56. The summed E-state index contributed by atoms with van der Waals surface area (Å²) in [5.74, 6) is 0.484. The molecule has 0 N–H and O–H groups in total. The lowest BCUT2D eigenvalue weighted by Gasteiger charge is -2.05. The lowest BCUT2D eigenvalue weighted by Crippen LogP contribution is -1.92. The molecule has 0 bridgehead atoms. The van der Waals surface area contributed by atoms with Gasteiger partial charge in [-0.1, -0.05) is 6.07 Å². The van der Waals surface area contributed by atoms with Gasteiger partial charge in [-0.05, 0) is 17.7 Å². The number of halogens is 1. The molecule has 1 aromatic carbocycles. The molecule has 1 atom stereocenters. The molecule has 1 rings (SSSR count). The van der Waals surface area contributed by atoms with Crippen LogP contribution in [0.5, 0.6) is 5.75 Å². The number of ether oxygens (including phenoxy) is 1. The molecular formula is C10H7ClN2O. The maximum absolute atomic E-state index is 8.77. The Hall–Kier alpha value is -1.71. The Morgan fingerprint density at radius 3 is 2.64 bits per heavy atom. The first-order valence-electron chi connectivity index (χ1n) is 3.84. The second kappa shape index (κ2) is 4.50. The summed E-state index contributed by atoms with van der Waals surface area (Å²) in [6.45, 7) is 0. The third-order valence-electron chi connectivity index (χ3n) is 1.75. The third kappa shape index (κ3) is 1.96. The Bertz CT molecular complexity index is 417. The van der Waals surface area contributed by atoms with E-state index in [9.17, 15) is 0 Å². The van der Waals surface area contributed by atoms with E-state index in [1.807, 2.05) is 12.1 Å². The Morgan fingerprint density at radius 1 is 1.43 bits per heavy atom. The zero-order chi connectivity index (χ0) is 10.6. The van der Waals surface area contributed by atoms with E-state index in [2.05, 4.69) is 0 Å². The van der Waals surface area contributed by atoms with E-state index in [1.54, 1.807) is 18.2 Å². The van der Waals surface area contributed by atoms with Crippen molar-refractivity contribution in [2.45, 2.75) is 5.38 Å². The maximum atomic E-state index is 8.77. The molecular weight excluding hydrogens is 200 g/mol. The van der Waals surface area contributed by atoms with Crippen LogP contribution in [0.1, 0.15) is 16.5 Å². The fourth-order valence-corrected chi connectivity index (χ4v) is 1.18. The molecule has 70 valence electrons. The molecule has 0 heterocycles. The normalized spacial score (nSPS) is 11.1. The molecule has 14 heavy (non-hydrogen) atoms. The second-order valence-corrected chi connectivity index (χ2v) is 3.00. The summed E-state index contributed by atoms with van der Waals surface area (Å²) < 4.78 is 4.96. The van der Waals surface area contributed by atoms with Gasteiger partial charge in [0.2, 0.25) is 0 Å². The number of alkyl halides is 1. The summed E-state index contributed by atoms with van der Waals surface area (Å²) in [6.07, 6.45) is 0. The highest BCUT2D eigenvalue weighted by molar-refractivity contribution is 6.22. The highest BCUT2D eigenvalue weighted by Gasteiger charge is 2.09. The molecule has 0 aromatic heterocycles. The fourth-order valence-electron chi connectivity index (χ4n) is 1.05. The monoisotopic (exact) mass is 206 g/mol. The van der Waals surface area contributed by atoms with Crippen LogP contribution in [-0.2, 0) is 0 Å². The van der Waals surface area contributed by atoms with Gasteiger partial charge >= 0.3 is 0 Å². The van der Waals surface area contributed by atoms with Crippen molar-refractivity contribution in [1.29, 1.82) is 10.5 Å². The van der Waals surface area contributed by atoms with Crippen molar-refractivity contribution < 1.29 is 4.74 Å². The number of nitrogens with zero attached hydrogens (tertiary/aromatic N) is 2. The van der Waals surface area contributed by atoms with Gasteiger partial charge in [0.15, 0.2) is 0 Å². The van der Waals surface area contributed by atoms with E-state index >= 15 is 0 Å². The number of benzene rings is 1. The Kier molecular flexibility index (Phi) is 3.34. The first-order valence-corrected chi connectivity index (χ1v) is 4.28. The Labute approximate surface area is 87.1 Å². The third-order valence-corrected chi connectivity index (χ3v) is 2.10. The molecule has 1 unspecified atom stereocenters. The van der Waals surface area contributed by atoms with Crippen LogP contribution in [0.3, 0.4) is 0 Å². The van der Waals surface area contributed by atoms with Crippen LogP contribution in [-0.4, -0.2) is 7.11 Å². The van der Waals surface area contributed by atoms with Crippen LogP contribution in [0.15, 0.2) is 18.2 Å². The van der Waals surface area contributed by atoms with Crippen molar-refractivity contribution in [1.82, 2.24) is 0 Å². The first kappa shape index (κ1) is 10.4. The van der Waals surface area contributed by atoms with Crippen molar-refractivity contribution in [3.05, 3.63) is 29.3 Å². The van der Waals surface area contributed by atoms with Crippen molar-refractivity contribution in [2.75, 3.05) is 7.11 Å². The van der Waals surface area contributed by atoms with Gasteiger partial charge in [0.05, 0.1) is 18.7 Å². The number of hydrogen-bond donors (Lipinski definition) is 0. The van der Waals surface area contributed by atoms with Crippen molar-refractivity contribution in [2.24, 2.45) is 0 Å². The first-order chi connectivity index (χ1) is 6.72. The largest absolute Gasteiger partial charge is 0.495 e. The number of nitriles is 2. The van der Waals surface area contributed by atoms with Gasteiger partial charge in [-0.2, -0.15) is 10.5 Å². The van der Waals surface area contributed by atoms with Crippen LogP contribution in [0, 0.1) is 22.7 Å². The predicted molar refractivity (Wildman–Crippen MR) is 51.9 cm³/mol. The van der Waals surface area contributed by atoms with Crippen LogP contribution < -0.4 is 4.74 Å². The summed E-state index contributed by atoms with van der Waals surface area (Å²) in [5, 5.41) is 16.6. The fraction of sp³-hybridized carbons (Fsp3) is 0.200. The number of rotatable bonds is 2. The van der Waals surface area contributed by atoms with E-state index < -0.39 is 5.38 Å². The molecule has 0 aliphatic heterocycles. The van der Waals surface area contributed by atoms with E-state index in [4.69, 9.17) is 26.9 Å². The Balaban J connectivity index is 3.17. The number of methoxy groups -OCH3 is 1. The van der Waals surface area contributed by atoms with Gasteiger partial charge in [0, 0.05) is 0 Å². The van der Waals surface area contributed by atoms with Crippen molar-refractivity contribution in [3.8, 4) is 17.9 Å². The average molecular weight is 207 g/mol. The summed E-state index contributed by atoms with van der Waals surface area (Å²) in [5.41, 5.74) is 0.984. The quantitative estimate of drug-likeness (QED) is 0.698. The van der Waals surface area contributed by atoms with Gasteiger partial charge in [0.25, 0.3) is 0 Å².